The Balaban J connectivity index is 0.00000243. The smallest absolute Gasteiger partial charge is 0.241 e. The molecule has 1 fully saturated rings. The Bertz CT molecular complexity index is 740. The Kier molecular flexibility index (Phi) is 8.07. The molecule has 1 amide bonds. The molecule has 26 heavy (non-hydrogen) atoms. The van der Waals surface area contributed by atoms with Crippen LogP contribution in [0, 0.1) is 0 Å². The number of hydrogen-bond donors (Lipinski definition) is 2. The summed E-state index contributed by atoms with van der Waals surface area (Å²) in [7, 11) is 0. The zero-order valence-electron chi connectivity index (χ0n) is 15.0. The number of aromatic nitrogens is 3. The van der Waals surface area contributed by atoms with Crippen LogP contribution in [0.2, 0.25) is 0 Å². The summed E-state index contributed by atoms with van der Waals surface area (Å²) in [4.78, 5) is 18.7. The van der Waals surface area contributed by atoms with Crippen LogP contribution >= 0.6 is 24.0 Å². The molecule has 0 aromatic carbocycles. The Morgan fingerprint density at radius 2 is 2.00 bits per heavy atom. The molecule has 2 aromatic heterocycles. The molecule has 1 saturated heterocycles. The molecule has 0 saturated carbocycles. The molecule has 0 atom stereocenters. The molecule has 2 N–H and O–H groups in total. The lowest BCUT2D eigenvalue weighted by molar-refractivity contribution is -0.130. The lowest BCUT2D eigenvalue weighted by atomic mass is 10.1. The van der Waals surface area contributed by atoms with E-state index in [0.717, 1.165) is 43.9 Å². The van der Waals surface area contributed by atoms with Gasteiger partial charge in [0.2, 0.25) is 5.91 Å². The fraction of sp³-hybridized carbons (Fsp3) is 0.529. The number of piperidine rings is 1. The molecule has 1 aliphatic heterocycles. The summed E-state index contributed by atoms with van der Waals surface area (Å²) in [6, 6.07) is 5.76. The van der Waals surface area contributed by atoms with Crippen molar-refractivity contribution >= 4 is 41.5 Å². The van der Waals surface area contributed by atoms with E-state index in [-0.39, 0.29) is 36.4 Å². The largest absolute Gasteiger partial charge is 0.357 e. The number of carbonyl (C=O) groups is 1. The molecule has 0 spiro atoms. The third-order valence-corrected chi connectivity index (χ3v) is 4.22. The molecule has 9 heteroatoms. The molecular formula is C17H26IN7O. The number of nitrogens with zero attached hydrogens (tertiary/aromatic N) is 5. The van der Waals surface area contributed by atoms with Crippen LogP contribution in [0.4, 0.5) is 0 Å². The van der Waals surface area contributed by atoms with E-state index in [4.69, 9.17) is 0 Å². The van der Waals surface area contributed by atoms with Crippen molar-refractivity contribution in [3.05, 3.63) is 30.2 Å². The molecule has 0 bridgehead atoms. The standard InChI is InChI=1S/C17H25N7O.HI/c1-2-18-17(20-13-16(25)23-9-5-3-6-10-23)19-12-15-22-21-14-8-4-7-11-24(14)15;/h4,7-8,11H,2-3,5-6,9-10,12-13H2,1H3,(H2,18,19,20);1H. The summed E-state index contributed by atoms with van der Waals surface area (Å²) in [5.41, 5.74) is 0.797. The van der Waals surface area contributed by atoms with E-state index in [1.165, 1.54) is 6.42 Å². The number of fused-ring (bicyclic) bond motifs is 1. The first-order chi connectivity index (χ1) is 12.3. The summed E-state index contributed by atoms with van der Waals surface area (Å²) in [6.45, 7) is 5.09. The second-order valence-electron chi connectivity index (χ2n) is 6.04. The van der Waals surface area contributed by atoms with Crippen molar-refractivity contribution in [3.63, 3.8) is 0 Å². The first-order valence-electron chi connectivity index (χ1n) is 8.86. The number of halogens is 1. The van der Waals surface area contributed by atoms with Crippen molar-refractivity contribution < 1.29 is 4.79 Å². The summed E-state index contributed by atoms with van der Waals surface area (Å²) in [5, 5.41) is 14.6. The molecule has 0 radical (unpaired) electrons. The van der Waals surface area contributed by atoms with Gasteiger partial charge in [-0.1, -0.05) is 6.07 Å². The highest BCUT2D eigenvalue weighted by Crippen LogP contribution is 2.08. The van der Waals surface area contributed by atoms with E-state index < -0.39 is 0 Å². The van der Waals surface area contributed by atoms with Gasteiger partial charge in [0.05, 0.1) is 6.54 Å². The highest BCUT2D eigenvalue weighted by Gasteiger charge is 2.16. The molecule has 8 nitrogen and oxygen atoms in total. The predicted octanol–water partition coefficient (Wildman–Crippen LogP) is 1.41. The van der Waals surface area contributed by atoms with Crippen LogP contribution in [0.1, 0.15) is 32.0 Å². The highest BCUT2D eigenvalue weighted by atomic mass is 127. The van der Waals surface area contributed by atoms with Crippen LogP contribution in [-0.2, 0) is 11.3 Å². The number of amides is 1. The molecule has 0 unspecified atom stereocenters. The monoisotopic (exact) mass is 471 g/mol. The zero-order chi connectivity index (χ0) is 17.5. The van der Waals surface area contributed by atoms with Gasteiger partial charge in [-0.15, -0.1) is 34.2 Å². The van der Waals surface area contributed by atoms with Crippen LogP contribution in [0.25, 0.3) is 5.65 Å². The minimum atomic E-state index is 0. The van der Waals surface area contributed by atoms with E-state index in [2.05, 4.69) is 25.8 Å². The van der Waals surface area contributed by atoms with Crippen LogP contribution < -0.4 is 10.6 Å². The second kappa shape index (κ2) is 10.3. The van der Waals surface area contributed by atoms with E-state index in [1.54, 1.807) is 0 Å². The number of likely N-dealkylation sites (tertiary alicyclic amines) is 1. The number of rotatable bonds is 5. The van der Waals surface area contributed by atoms with Crippen molar-refractivity contribution in [2.75, 3.05) is 26.2 Å². The molecular weight excluding hydrogens is 445 g/mol. The quantitative estimate of drug-likeness (QED) is 0.392. The minimum Gasteiger partial charge on any atom is -0.357 e. The SMILES string of the molecule is CCNC(=NCc1nnc2ccccn12)NCC(=O)N1CCCCC1.I. The number of carbonyl (C=O) groups excluding carboxylic acids is 1. The second-order valence-corrected chi connectivity index (χ2v) is 6.04. The third-order valence-electron chi connectivity index (χ3n) is 4.22. The van der Waals surface area contributed by atoms with Crippen molar-refractivity contribution in [1.29, 1.82) is 0 Å². The average Bonchev–Trinajstić information content (AvgIpc) is 3.07. The molecule has 1 aliphatic rings. The van der Waals surface area contributed by atoms with Crippen molar-refractivity contribution in [1.82, 2.24) is 30.1 Å². The third kappa shape index (κ3) is 5.29. The minimum absolute atomic E-state index is 0. The molecule has 3 rings (SSSR count). The maximum Gasteiger partial charge on any atom is 0.241 e. The van der Waals surface area contributed by atoms with Gasteiger partial charge >= 0.3 is 0 Å². The normalized spacial score (nSPS) is 14.8. The van der Waals surface area contributed by atoms with Crippen LogP contribution in [0.5, 0.6) is 0 Å². The van der Waals surface area contributed by atoms with Gasteiger partial charge in [-0.3, -0.25) is 9.20 Å². The van der Waals surface area contributed by atoms with Crippen LogP contribution in [0.15, 0.2) is 29.4 Å². The van der Waals surface area contributed by atoms with E-state index in [1.807, 2.05) is 40.6 Å². The Labute approximate surface area is 170 Å². The fourth-order valence-electron chi connectivity index (χ4n) is 2.90. The lowest BCUT2D eigenvalue weighted by Crippen LogP contribution is -2.46. The van der Waals surface area contributed by atoms with E-state index in [9.17, 15) is 4.79 Å². The number of guanidine groups is 1. The Morgan fingerprint density at radius 3 is 2.77 bits per heavy atom. The van der Waals surface area contributed by atoms with E-state index >= 15 is 0 Å². The van der Waals surface area contributed by atoms with Gasteiger partial charge in [0.25, 0.3) is 0 Å². The van der Waals surface area contributed by atoms with Gasteiger partial charge < -0.3 is 15.5 Å². The van der Waals surface area contributed by atoms with Crippen LogP contribution in [0.3, 0.4) is 0 Å². The van der Waals surface area contributed by atoms with E-state index in [0.29, 0.717) is 12.5 Å². The molecule has 142 valence electrons. The van der Waals surface area contributed by atoms with Crippen molar-refractivity contribution in [3.8, 4) is 0 Å². The number of pyridine rings is 1. The first kappa shape index (κ1) is 20.4. The molecule has 3 heterocycles. The van der Waals surface area contributed by atoms with Gasteiger partial charge in [-0.05, 0) is 38.3 Å². The number of nitrogens with one attached hydrogen (secondary N) is 2. The van der Waals surface area contributed by atoms with Gasteiger partial charge in [-0.2, -0.15) is 0 Å². The maximum absolute atomic E-state index is 12.3. The molecule has 0 aliphatic carbocycles. The van der Waals surface area contributed by atoms with Gasteiger partial charge in [0.1, 0.15) is 6.54 Å². The fourth-order valence-corrected chi connectivity index (χ4v) is 2.90. The van der Waals surface area contributed by atoms with Gasteiger partial charge in [0.15, 0.2) is 17.4 Å². The Hall–Kier alpha value is -1.91. The average molecular weight is 471 g/mol. The summed E-state index contributed by atoms with van der Waals surface area (Å²) < 4.78 is 1.91. The van der Waals surface area contributed by atoms with Crippen molar-refractivity contribution in [2.45, 2.75) is 32.7 Å². The Morgan fingerprint density at radius 1 is 1.19 bits per heavy atom. The van der Waals surface area contributed by atoms with Gasteiger partial charge in [0, 0.05) is 25.8 Å². The van der Waals surface area contributed by atoms with Crippen molar-refractivity contribution in [2.24, 2.45) is 4.99 Å². The molecule has 2 aromatic rings. The maximum atomic E-state index is 12.3. The predicted molar refractivity (Wildman–Crippen MR) is 112 cm³/mol. The lowest BCUT2D eigenvalue weighted by Gasteiger charge is -2.27. The topological polar surface area (TPSA) is 86.9 Å². The highest BCUT2D eigenvalue weighted by molar-refractivity contribution is 14.0. The first-order valence-corrected chi connectivity index (χ1v) is 8.86. The summed E-state index contributed by atoms with van der Waals surface area (Å²) >= 11 is 0. The summed E-state index contributed by atoms with van der Waals surface area (Å²) in [6.07, 6.45) is 5.33. The number of hydrogen-bond acceptors (Lipinski definition) is 4. The number of aliphatic imine (C=N–C) groups is 1. The zero-order valence-corrected chi connectivity index (χ0v) is 17.3. The summed E-state index contributed by atoms with van der Waals surface area (Å²) in [5.74, 6) is 1.49. The van der Waals surface area contributed by atoms with Crippen LogP contribution in [-0.4, -0.2) is 57.5 Å². The van der Waals surface area contributed by atoms with Gasteiger partial charge in [-0.25, -0.2) is 4.99 Å².